The smallest absolute Gasteiger partial charge is 0.166 e. The molecule has 0 spiro atoms. The highest BCUT2D eigenvalue weighted by atomic mass is 16.3. The van der Waals surface area contributed by atoms with Crippen molar-refractivity contribution >= 4 is 5.82 Å². The lowest BCUT2D eigenvalue weighted by Crippen LogP contribution is -2.15. The molecule has 0 saturated carbocycles. The average molecular weight is 262 g/mol. The van der Waals surface area contributed by atoms with E-state index in [4.69, 9.17) is 0 Å². The molecule has 2 N–H and O–H groups in total. The Hall–Kier alpha value is -1.67. The maximum atomic E-state index is 9.50. The van der Waals surface area contributed by atoms with Gasteiger partial charge >= 0.3 is 0 Å². The van der Waals surface area contributed by atoms with Crippen LogP contribution in [0.15, 0.2) is 0 Å². The first kappa shape index (κ1) is 15.4. The molecule has 5 heteroatoms. The Balaban J connectivity index is 2.87. The molecule has 19 heavy (non-hydrogen) atoms. The molecule has 104 valence electrons. The Labute approximate surface area is 114 Å². The Morgan fingerprint density at radius 1 is 1.26 bits per heavy atom. The van der Waals surface area contributed by atoms with E-state index in [0.717, 1.165) is 30.5 Å². The Bertz CT molecular complexity index is 453. The van der Waals surface area contributed by atoms with Crippen molar-refractivity contribution in [3.05, 3.63) is 16.8 Å². The van der Waals surface area contributed by atoms with Crippen molar-refractivity contribution in [2.75, 3.05) is 11.9 Å². The summed E-state index contributed by atoms with van der Waals surface area (Å²) in [4.78, 5) is 0. The number of hydrogen-bond donors (Lipinski definition) is 2. The molecule has 1 aromatic rings. The van der Waals surface area contributed by atoms with Gasteiger partial charge in [-0.2, -0.15) is 10.4 Å². The molecule has 1 unspecified atom stereocenters. The molecule has 0 saturated heterocycles. The molecule has 0 bridgehead atoms. The molecule has 0 fully saturated rings. The van der Waals surface area contributed by atoms with Gasteiger partial charge in [-0.15, -0.1) is 5.10 Å². The molecule has 0 aliphatic carbocycles. The van der Waals surface area contributed by atoms with Gasteiger partial charge in [-0.1, -0.05) is 20.8 Å². The standard InChI is InChI=1S/C14H22N4O/c1-4-10(19)7-8-16-14-12(9-15)11(5-2)13(6-3)17-18-14/h10,19H,4-8H2,1-3H3,(H,16,18). The summed E-state index contributed by atoms with van der Waals surface area (Å²) in [6.07, 6.45) is 2.60. The minimum absolute atomic E-state index is 0.313. The van der Waals surface area contributed by atoms with Gasteiger partial charge in [-0.25, -0.2) is 0 Å². The molecule has 0 aromatic carbocycles. The number of aliphatic hydroxyl groups is 1. The van der Waals surface area contributed by atoms with Crippen LogP contribution in [0.3, 0.4) is 0 Å². The predicted octanol–water partition coefficient (Wildman–Crippen LogP) is 2.05. The van der Waals surface area contributed by atoms with Crippen LogP contribution in [0.4, 0.5) is 5.82 Å². The lowest BCUT2D eigenvalue weighted by Gasteiger charge is -2.13. The van der Waals surface area contributed by atoms with Crippen molar-refractivity contribution in [2.24, 2.45) is 0 Å². The largest absolute Gasteiger partial charge is 0.393 e. The van der Waals surface area contributed by atoms with Crippen LogP contribution in [-0.4, -0.2) is 28.0 Å². The van der Waals surface area contributed by atoms with Crippen molar-refractivity contribution < 1.29 is 5.11 Å². The third kappa shape index (κ3) is 3.90. The van der Waals surface area contributed by atoms with E-state index in [-0.39, 0.29) is 6.10 Å². The van der Waals surface area contributed by atoms with Gasteiger partial charge in [0.1, 0.15) is 11.6 Å². The summed E-state index contributed by atoms with van der Waals surface area (Å²) < 4.78 is 0. The van der Waals surface area contributed by atoms with E-state index in [1.54, 1.807) is 0 Å². The number of aromatic nitrogens is 2. The second-order valence-corrected chi connectivity index (χ2v) is 4.45. The number of aliphatic hydroxyl groups excluding tert-OH is 1. The van der Waals surface area contributed by atoms with E-state index in [2.05, 4.69) is 21.6 Å². The monoisotopic (exact) mass is 262 g/mol. The van der Waals surface area contributed by atoms with E-state index in [1.165, 1.54) is 0 Å². The number of nitriles is 1. The number of hydrogen-bond acceptors (Lipinski definition) is 5. The van der Waals surface area contributed by atoms with Crippen molar-refractivity contribution in [1.29, 1.82) is 5.26 Å². The van der Waals surface area contributed by atoms with Crippen LogP contribution in [0.25, 0.3) is 0 Å². The Kier molecular flexibility index (Phi) is 6.23. The number of aryl methyl sites for hydroxylation is 1. The fourth-order valence-electron chi connectivity index (χ4n) is 1.98. The molecular formula is C14H22N4O. The first-order valence-corrected chi connectivity index (χ1v) is 6.88. The molecular weight excluding hydrogens is 240 g/mol. The van der Waals surface area contributed by atoms with E-state index in [9.17, 15) is 10.4 Å². The highest BCUT2D eigenvalue weighted by Crippen LogP contribution is 2.19. The zero-order valence-corrected chi connectivity index (χ0v) is 11.9. The highest BCUT2D eigenvalue weighted by Gasteiger charge is 2.14. The fraction of sp³-hybridized carbons (Fsp3) is 0.643. The summed E-state index contributed by atoms with van der Waals surface area (Å²) in [6.45, 7) is 6.56. The average Bonchev–Trinajstić information content (AvgIpc) is 2.45. The van der Waals surface area contributed by atoms with Gasteiger partial charge in [-0.05, 0) is 31.2 Å². The third-order valence-electron chi connectivity index (χ3n) is 3.20. The van der Waals surface area contributed by atoms with Crippen molar-refractivity contribution in [3.63, 3.8) is 0 Å². The molecule has 1 rings (SSSR count). The van der Waals surface area contributed by atoms with Gasteiger partial charge in [0.05, 0.1) is 11.8 Å². The van der Waals surface area contributed by atoms with Gasteiger partial charge in [0.25, 0.3) is 0 Å². The molecule has 5 nitrogen and oxygen atoms in total. The van der Waals surface area contributed by atoms with Crippen LogP contribution < -0.4 is 5.32 Å². The van der Waals surface area contributed by atoms with Crippen LogP contribution >= 0.6 is 0 Å². The summed E-state index contributed by atoms with van der Waals surface area (Å²) in [5.41, 5.74) is 2.44. The molecule has 1 atom stereocenters. The fourth-order valence-corrected chi connectivity index (χ4v) is 1.98. The molecule has 0 radical (unpaired) electrons. The first-order chi connectivity index (χ1) is 9.17. The van der Waals surface area contributed by atoms with Crippen LogP contribution in [0, 0.1) is 11.3 Å². The molecule has 0 amide bonds. The normalized spacial score (nSPS) is 11.9. The molecule has 0 aliphatic heterocycles. The SMILES string of the molecule is CCc1nnc(NCCC(O)CC)c(C#N)c1CC. The van der Waals surface area contributed by atoms with Crippen LogP contribution in [-0.2, 0) is 12.8 Å². The summed E-state index contributed by atoms with van der Waals surface area (Å²) >= 11 is 0. The topological polar surface area (TPSA) is 81.8 Å². The quantitative estimate of drug-likeness (QED) is 0.786. The minimum atomic E-state index is -0.313. The summed E-state index contributed by atoms with van der Waals surface area (Å²) in [6, 6.07) is 2.21. The molecule has 1 heterocycles. The van der Waals surface area contributed by atoms with Gasteiger partial charge in [0, 0.05) is 6.54 Å². The van der Waals surface area contributed by atoms with Crippen LogP contribution in [0.1, 0.15) is 50.4 Å². The van der Waals surface area contributed by atoms with Crippen molar-refractivity contribution in [2.45, 2.75) is 52.6 Å². The van der Waals surface area contributed by atoms with Gasteiger partial charge < -0.3 is 10.4 Å². The predicted molar refractivity (Wildman–Crippen MR) is 74.9 cm³/mol. The summed E-state index contributed by atoms with van der Waals surface area (Å²) in [5.74, 6) is 0.528. The summed E-state index contributed by atoms with van der Waals surface area (Å²) in [5, 5.41) is 30.2. The lowest BCUT2D eigenvalue weighted by molar-refractivity contribution is 0.164. The minimum Gasteiger partial charge on any atom is -0.393 e. The van der Waals surface area contributed by atoms with E-state index < -0.39 is 0 Å². The number of nitrogens with one attached hydrogen (secondary N) is 1. The van der Waals surface area contributed by atoms with Gasteiger partial charge in [0.2, 0.25) is 0 Å². The van der Waals surface area contributed by atoms with E-state index in [1.807, 2.05) is 20.8 Å². The maximum Gasteiger partial charge on any atom is 0.166 e. The van der Waals surface area contributed by atoms with E-state index in [0.29, 0.717) is 24.3 Å². The molecule has 0 aliphatic rings. The summed E-state index contributed by atoms with van der Waals surface area (Å²) in [7, 11) is 0. The zero-order chi connectivity index (χ0) is 14.3. The highest BCUT2D eigenvalue weighted by molar-refractivity contribution is 5.56. The first-order valence-electron chi connectivity index (χ1n) is 6.88. The zero-order valence-electron chi connectivity index (χ0n) is 11.9. The third-order valence-corrected chi connectivity index (χ3v) is 3.20. The number of rotatable bonds is 7. The second-order valence-electron chi connectivity index (χ2n) is 4.45. The van der Waals surface area contributed by atoms with Crippen molar-refractivity contribution in [3.8, 4) is 6.07 Å². The van der Waals surface area contributed by atoms with E-state index >= 15 is 0 Å². The van der Waals surface area contributed by atoms with Crippen LogP contribution in [0.2, 0.25) is 0 Å². The Morgan fingerprint density at radius 2 is 2.00 bits per heavy atom. The number of anilines is 1. The molecule has 1 aromatic heterocycles. The second kappa shape index (κ2) is 7.70. The van der Waals surface area contributed by atoms with Gasteiger partial charge in [0.15, 0.2) is 5.82 Å². The Morgan fingerprint density at radius 3 is 2.53 bits per heavy atom. The maximum absolute atomic E-state index is 9.50. The van der Waals surface area contributed by atoms with Crippen LogP contribution in [0.5, 0.6) is 0 Å². The lowest BCUT2D eigenvalue weighted by atomic mass is 10.0. The van der Waals surface area contributed by atoms with Crippen molar-refractivity contribution in [1.82, 2.24) is 10.2 Å². The number of nitrogens with zero attached hydrogens (tertiary/aromatic N) is 3. The van der Waals surface area contributed by atoms with Gasteiger partial charge in [-0.3, -0.25) is 0 Å².